The predicted octanol–water partition coefficient (Wildman–Crippen LogP) is 1.94. The number of benzene rings is 1. The molecule has 72 valence electrons. The number of hydrogen-bond donors (Lipinski definition) is 0. The van der Waals surface area contributed by atoms with Crippen LogP contribution in [0.5, 0.6) is 0 Å². The summed E-state index contributed by atoms with van der Waals surface area (Å²) < 4.78 is 29.8. The van der Waals surface area contributed by atoms with Crippen molar-refractivity contribution in [1.29, 1.82) is 0 Å². The molecule has 0 fully saturated rings. The lowest BCUT2D eigenvalue weighted by molar-refractivity contribution is 0.411. The molecule has 0 atom stereocenters. The summed E-state index contributed by atoms with van der Waals surface area (Å²) >= 11 is 0. The third kappa shape index (κ3) is 1.76. The van der Waals surface area contributed by atoms with Gasteiger partial charge in [-0.15, -0.1) is 0 Å². The van der Waals surface area contributed by atoms with Gasteiger partial charge in [-0.3, -0.25) is 0 Å². The molecule has 1 aromatic heterocycles. The molecule has 0 amide bonds. The molecule has 0 saturated carbocycles. The molecule has 1 aromatic carbocycles. The lowest BCUT2D eigenvalue weighted by atomic mass is 10.1. The summed E-state index contributed by atoms with van der Waals surface area (Å²) in [7, 11) is 0. The number of rotatable bonds is 2. The molecule has 0 N–H and O–H groups in total. The van der Waals surface area contributed by atoms with Crippen molar-refractivity contribution in [3.63, 3.8) is 0 Å². The van der Waals surface area contributed by atoms with Crippen molar-refractivity contribution in [2.75, 3.05) is 0 Å². The van der Waals surface area contributed by atoms with Crippen LogP contribution in [-0.2, 0) is 6.42 Å². The molecule has 0 aliphatic rings. The predicted molar refractivity (Wildman–Crippen MR) is 43.5 cm³/mol. The van der Waals surface area contributed by atoms with E-state index in [1.54, 1.807) is 0 Å². The minimum atomic E-state index is -0.869. The third-order valence-corrected chi connectivity index (χ3v) is 1.75. The van der Waals surface area contributed by atoms with Crippen LogP contribution in [0.1, 0.15) is 11.4 Å². The Hall–Kier alpha value is -1.78. The van der Waals surface area contributed by atoms with Crippen molar-refractivity contribution in [3.05, 3.63) is 47.6 Å². The normalized spacial score (nSPS) is 10.4. The van der Waals surface area contributed by atoms with Crippen LogP contribution in [0.2, 0.25) is 0 Å². The van der Waals surface area contributed by atoms with E-state index in [4.69, 9.17) is 0 Å². The van der Waals surface area contributed by atoms with E-state index >= 15 is 0 Å². The topological polar surface area (TPSA) is 38.9 Å². The van der Waals surface area contributed by atoms with Crippen molar-refractivity contribution in [2.45, 2.75) is 6.42 Å². The molecule has 3 nitrogen and oxygen atoms in total. The molecule has 0 spiro atoms. The lowest BCUT2D eigenvalue weighted by Gasteiger charge is -1.97. The fourth-order valence-corrected chi connectivity index (χ4v) is 1.10. The van der Waals surface area contributed by atoms with E-state index in [1.165, 1.54) is 12.5 Å². The highest BCUT2D eigenvalue weighted by molar-refractivity contribution is 5.20. The summed E-state index contributed by atoms with van der Waals surface area (Å²) in [5.74, 6) is -1.29. The van der Waals surface area contributed by atoms with Gasteiger partial charge >= 0.3 is 0 Å². The Labute approximate surface area is 78.4 Å². The molecule has 5 heteroatoms. The SMILES string of the molecule is Fc1ccc(Cc2ncon2)cc1F. The molecule has 0 bridgehead atoms. The van der Waals surface area contributed by atoms with Crippen molar-refractivity contribution in [1.82, 2.24) is 10.1 Å². The maximum absolute atomic E-state index is 12.8. The van der Waals surface area contributed by atoms with Gasteiger partial charge < -0.3 is 4.52 Å². The van der Waals surface area contributed by atoms with Crippen molar-refractivity contribution < 1.29 is 13.3 Å². The van der Waals surface area contributed by atoms with E-state index < -0.39 is 11.6 Å². The summed E-state index contributed by atoms with van der Waals surface area (Å²) in [6, 6.07) is 3.67. The molecular formula is C9H6F2N2O. The van der Waals surface area contributed by atoms with Gasteiger partial charge in [0.05, 0.1) is 0 Å². The quantitative estimate of drug-likeness (QED) is 0.736. The van der Waals surface area contributed by atoms with Gasteiger partial charge in [0, 0.05) is 6.42 Å². The second-order valence-corrected chi connectivity index (χ2v) is 2.77. The van der Waals surface area contributed by atoms with Gasteiger partial charge in [0.25, 0.3) is 0 Å². The summed E-state index contributed by atoms with van der Waals surface area (Å²) in [6.45, 7) is 0. The van der Waals surface area contributed by atoms with Gasteiger partial charge in [0.15, 0.2) is 17.5 Å². The zero-order chi connectivity index (χ0) is 9.97. The van der Waals surface area contributed by atoms with Gasteiger partial charge in [-0.1, -0.05) is 11.2 Å². The highest BCUT2D eigenvalue weighted by Crippen LogP contribution is 2.11. The molecule has 0 unspecified atom stereocenters. The molecule has 0 aliphatic carbocycles. The molecule has 1 heterocycles. The van der Waals surface area contributed by atoms with Crippen molar-refractivity contribution in [2.24, 2.45) is 0 Å². The van der Waals surface area contributed by atoms with Gasteiger partial charge in [0.1, 0.15) is 0 Å². The zero-order valence-corrected chi connectivity index (χ0v) is 7.08. The van der Waals surface area contributed by atoms with Crippen LogP contribution < -0.4 is 0 Å². The summed E-state index contributed by atoms with van der Waals surface area (Å²) in [4.78, 5) is 3.77. The van der Waals surface area contributed by atoms with E-state index in [9.17, 15) is 8.78 Å². The Morgan fingerprint density at radius 3 is 2.71 bits per heavy atom. The van der Waals surface area contributed by atoms with Crippen LogP contribution in [0.4, 0.5) is 8.78 Å². The molecule has 2 aromatic rings. The maximum Gasteiger partial charge on any atom is 0.213 e. The highest BCUT2D eigenvalue weighted by Gasteiger charge is 2.05. The maximum atomic E-state index is 12.8. The van der Waals surface area contributed by atoms with Crippen LogP contribution in [0.3, 0.4) is 0 Å². The fraction of sp³-hybridized carbons (Fsp3) is 0.111. The van der Waals surface area contributed by atoms with E-state index in [2.05, 4.69) is 14.7 Å². The molecule has 0 aliphatic heterocycles. The van der Waals surface area contributed by atoms with E-state index in [1.807, 2.05) is 0 Å². The average molecular weight is 196 g/mol. The van der Waals surface area contributed by atoms with Gasteiger partial charge in [0.2, 0.25) is 6.39 Å². The zero-order valence-electron chi connectivity index (χ0n) is 7.08. The van der Waals surface area contributed by atoms with E-state index in [-0.39, 0.29) is 0 Å². The molecule has 0 radical (unpaired) electrons. The summed E-state index contributed by atoms with van der Waals surface area (Å²) in [5.41, 5.74) is 0.602. The largest absolute Gasteiger partial charge is 0.343 e. The molecule has 0 saturated heterocycles. The Bertz CT molecular complexity index is 428. The number of halogens is 2. The van der Waals surface area contributed by atoms with Crippen molar-refractivity contribution in [3.8, 4) is 0 Å². The van der Waals surface area contributed by atoms with Crippen LogP contribution in [0, 0.1) is 11.6 Å². The minimum absolute atomic E-state index is 0.327. The van der Waals surface area contributed by atoms with Crippen LogP contribution >= 0.6 is 0 Å². The number of nitrogens with zero attached hydrogens (tertiary/aromatic N) is 2. The van der Waals surface area contributed by atoms with Gasteiger partial charge in [-0.25, -0.2) is 8.78 Å². The van der Waals surface area contributed by atoms with Crippen LogP contribution in [-0.4, -0.2) is 10.1 Å². The first-order chi connectivity index (χ1) is 6.75. The van der Waals surface area contributed by atoms with Gasteiger partial charge in [-0.2, -0.15) is 4.98 Å². The summed E-state index contributed by atoms with van der Waals surface area (Å²) in [6.07, 6.45) is 1.52. The average Bonchev–Trinajstić information content (AvgIpc) is 2.64. The lowest BCUT2D eigenvalue weighted by Crippen LogP contribution is -1.93. The van der Waals surface area contributed by atoms with E-state index in [0.717, 1.165) is 12.1 Å². The standard InChI is InChI=1S/C9H6F2N2O/c10-7-2-1-6(3-8(7)11)4-9-12-5-14-13-9/h1-3,5H,4H2. The Kier molecular flexibility index (Phi) is 2.22. The Balaban J connectivity index is 2.22. The van der Waals surface area contributed by atoms with Crippen LogP contribution in [0.25, 0.3) is 0 Å². The number of hydrogen-bond acceptors (Lipinski definition) is 3. The first kappa shape index (κ1) is 8.80. The van der Waals surface area contributed by atoms with Gasteiger partial charge in [-0.05, 0) is 17.7 Å². The number of aromatic nitrogens is 2. The smallest absolute Gasteiger partial charge is 0.213 e. The minimum Gasteiger partial charge on any atom is -0.343 e. The first-order valence-electron chi connectivity index (χ1n) is 3.95. The van der Waals surface area contributed by atoms with Crippen molar-refractivity contribution >= 4 is 0 Å². The molecule has 14 heavy (non-hydrogen) atoms. The van der Waals surface area contributed by atoms with E-state index in [0.29, 0.717) is 17.8 Å². The Morgan fingerprint density at radius 1 is 1.21 bits per heavy atom. The highest BCUT2D eigenvalue weighted by atomic mass is 19.2. The second-order valence-electron chi connectivity index (χ2n) is 2.77. The Morgan fingerprint density at radius 2 is 2.07 bits per heavy atom. The summed E-state index contributed by atoms with van der Waals surface area (Å²) in [5, 5.41) is 3.56. The fourth-order valence-electron chi connectivity index (χ4n) is 1.10. The molecule has 2 rings (SSSR count). The molecular weight excluding hydrogens is 190 g/mol. The first-order valence-corrected chi connectivity index (χ1v) is 3.95. The van der Waals surface area contributed by atoms with Crippen LogP contribution in [0.15, 0.2) is 29.1 Å². The second kappa shape index (κ2) is 3.53. The monoisotopic (exact) mass is 196 g/mol. The third-order valence-electron chi connectivity index (χ3n) is 1.75.